The summed E-state index contributed by atoms with van der Waals surface area (Å²) in [5.74, 6) is -3.93. The van der Waals surface area contributed by atoms with Gasteiger partial charge in [-0.2, -0.15) is 18.3 Å². The van der Waals surface area contributed by atoms with Crippen molar-refractivity contribution in [3.8, 4) is 11.3 Å². The molecule has 1 aliphatic rings. The van der Waals surface area contributed by atoms with E-state index in [0.717, 1.165) is 29.0 Å². The number of hydrogen-bond acceptors (Lipinski definition) is 5. The zero-order valence-electron chi connectivity index (χ0n) is 17.3. The van der Waals surface area contributed by atoms with Crippen molar-refractivity contribution in [2.75, 3.05) is 6.26 Å². The van der Waals surface area contributed by atoms with Gasteiger partial charge in [0.2, 0.25) is 15.8 Å². The Bertz CT molecular complexity index is 1500. The Morgan fingerprint density at radius 3 is 2.50 bits per heavy atom. The first kappa shape index (κ1) is 23.4. The van der Waals surface area contributed by atoms with Gasteiger partial charge in [-0.15, -0.1) is 0 Å². The molecule has 7 nitrogen and oxygen atoms in total. The van der Waals surface area contributed by atoms with Crippen LogP contribution in [0.1, 0.15) is 11.6 Å². The summed E-state index contributed by atoms with van der Waals surface area (Å²) in [7, 11) is -3.99. The highest BCUT2D eigenvalue weighted by Crippen LogP contribution is 2.36. The average molecular weight is 493 g/mol. The summed E-state index contributed by atoms with van der Waals surface area (Å²) in [5.41, 5.74) is -1.02. The number of allylic oxidation sites excluding steroid dienone is 2. The molecular formula is C22H15F4N3O4S. The van der Waals surface area contributed by atoms with Crippen LogP contribution in [-0.2, 0) is 25.8 Å². The number of amides is 1. The van der Waals surface area contributed by atoms with Crippen LogP contribution in [0.2, 0.25) is 0 Å². The molecule has 2 aromatic carbocycles. The third-order valence-corrected chi connectivity index (χ3v) is 5.59. The molecule has 1 amide bonds. The van der Waals surface area contributed by atoms with Crippen LogP contribution >= 0.6 is 0 Å². The molecule has 0 bridgehead atoms. The van der Waals surface area contributed by atoms with Gasteiger partial charge in [0, 0.05) is 10.9 Å². The summed E-state index contributed by atoms with van der Waals surface area (Å²) in [4.78, 5) is 24.8. The van der Waals surface area contributed by atoms with Crippen LogP contribution < -0.4 is 4.72 Å². The van der Waals surface area contributed by atoms with Crippen molar-refractivity contribution in [3.63, 3.8) is 0 Å². The fourth-order valence-corrected chi connectivity index (χ4v) is 4.01. The van der Waals surface area contributed by atoms with E-state index >= 15 is 0 Å². The number of halogens is 4. The fourth-order valence-electron chi connectivity index (χ4n) is 3.56. The molecule has 1 N–H and O–H groups in total. The number of sulfonamides is 1. The number of fused-ring (bicyclic) bond motifs is 1. The van der Waals surface area contributed by atoms with Gasteiger partial charge in [0.1, 0.15) is 11.7 Å². The predicted molar refractivity (Wildman–Crippen MR) is 114 cm³/mol. The molecule has 1 heterocycles. The molecule has 176 valence electrons. The van der Waals surface area contributed by atoms with E-state index in [1.807, 2.05) is 0 Å². The first-order valence-corrected chi connectivity index (χ1v) is 11.5. The van der Waals surface area contributed by atoms with Gasteiger partial charge in [-0.3, -0.25) is 9.59 Å². The van der Waals surface area contributed by atoms with Crippen molar-refractivity contribution < 1.29 is 35.6 Å². The van der Waals surface area contributed by atoms with E-state index in [2.05, 4.69) is 5.10 Å². The maximum Gasteiger partial charge on any atom is 0.416 e. The Morgan fingerprint density at radius 1 is 1.12 bits per heavy atom. The van der Waals surface area contributed by atoms with Crippen LogP contribution in [-0.4, -0.2) is 36.1 Å². The summed E-state index contributed by atoms with van der Waals surface area (Å²) in [6.45, 7) is 0. The minimum atomic E-state index is -4.58. The largest absolute Gasteiger partial charge is 0.416 e. The van der Waals surface area contributed by atoms with Crippen molar-refractivity contribution in [2.45, 2.75) is 12.2 Å². The van der Waals surface area contributed by atoms with Crippen molar-refractivity contribution in [1.29, 1.82) is 0 Å². The molecule has 0 saturated carbocycles. The van der Waals surface area contributed by atoms with Crippen LogP contribution in [0, 0.1) is 0 Å². The van der Waals surface area contributed by atoms with Crippen molar-refractivity contribution >= 4 is 32.6 Å². The molecule has 0 saturated heterocycles. The van der Waals surface area contributed by atoms with Crippen LogP contribution in [0.4, 0.5) is 17.6 Å². The third-order valence-electron chi connectivity index (χ3n) is 5.03. The minimum Gasteiger partial charge on any atom is -0.289 e. The molecule has 1 aliphatic carbocycles. The highest BCUT2D eigenvalue weighted by atomic mass is 32.2. The van der Waals surface area contributed by atoms with Crippen LogP contribution in [0.3, 0.4) is 0 Å². The summed E-state index contributed by atoms with van der Waals surface area (Å²) in [6, 6.07) is 9.57. The monoisotopic (exact) mass is 493 g/mol. The van der Waals surface area contributed by atoms with Crippen LogP contribution in [0.5, 0.6) is 0 Å². The second kappa shape index (κ2) is 8.20. The Kier molecular flexibility index (Phi) is 5.64. The molecule has 0 radical (unpaired) electrons. The van der Waals surface area contributed by atoms with Gasteiger partial charge in [-0.1, -0.05) is 36.4 Å². The molecule has 1 aromatic heterocycles. The number of rotatable bonds is 4. The predicted octanol–water partition coefficient (Wildman–Crippen LogP) is 3.70. The lowest BCUT2D eigenvalue weighted by atomic mass is 10.00. The molecule has 0 fully saturated rings. The molecule has 4 rings (SSSR count). The third kappa shape index (κ3) is 4.36. The van der Waals surface area contributed by atoms with E-state index in [4.69, 9.17) is 0 Å². The number of nitrogens with one attached hydrogen (secondary N) is 1. The molecule has 1 atom stereocenters. The zero-order valence-corrected chi connectivity index (χ0v) is 18.1. The Hall–Kier alpha value is -3.80. The number of nitrogens with zero attached hydrogens (tertiary/aromatic N) is 2. The molecule has 1 unspecified atom stereocenters. The van der Waals surface area contributed by atoms with Crippen LogP contribution in [0.15, 0.2) is 72.1 Å². The van der Waals surface area contributed by atoms with Crippen molar-refractivity contribution in [2.24, 2.45) is 0 Å². The average Bonchev–Trinajstić information content (AvgIpc) is 3.13. The van der Waals surface area contributed by atoms with Gasteiger partial charge < -0.3 is 0 Å². The number of Topliss-reactive ketones (excluding diaryl/α,β-unsaturated/α-hetero) is 1. The summed E-state index contributed by atoms with van der Waals surface area (Å²) in [5, 5.41) is 4.74. The Labute approximate surface area is 190 Å². The zero-order chi connectivity index (χ0) is 24.8. The van der Waals surface area contributed by atoms with Gasteiger partial charge in [-0.25, -0.2) is 22.2 Å². The van der Waals surface area contributed by atoms with E-state index in [1.165, 1.54) is 12.1 Å². The quantitative estimate of drug-likeness (QED) is 0.559. The van der Waals surface area contributed by atoms with E-state index in [0.29, 0.717) is 17.2 Å². The number of hydrogen-bond donors (Lipinski definition) is 1. The first-order chi connectivity index (χ1) is 15.9. The van der Waals surface area contributed by atoms with E-state index < -0.39 is 50.9 Å². The van der Waals surface area contributed by atoms with Gasteiger partial charge in [-0.05, 0) is 24.3 Å². The highest BCUT2D eigenvalue weighted by Gasteiger charge is 2.34. The Balaban J connectivity index is 1.79. The van der Waals surface area contributed by atoms with Crippen molar-refractivity contribution in [1.82, 2.24) is 14.5 Å². The lowest BCUT2D eigenvalue weighted by Gasteiger charge is -2.18. The minimum absolute atomic E-state index is 0.140. The maximum atomic E-state index is 14.8. The molecule has 3 aromatic rings. The maximum absolute atomic E-state index is 14.8. The number of carbonyl (C=O) groups excluding carboxylic acids is 2. The number of benzene rings is 2. The van der Waals surface area contributed by atoms with Gasteiger partial charge in [0.25, 0.3) is 5.91 Å². The van der Waals surface area contributed by atoms with Crippen molar-refractivity contribution in [3.05, 3.63) is 77.6 Å². The second-order valence-corrected chi connectivity index (χ2v) is 9.24. The molecule has 0 aliphatic heterocycles. The molecular weight excluding hydrogens is 478 g/mol. The van der Waals surface area contributed by atoms with Gasteiger partial charge in [0.05, 0.1) is 22.9 Å². The number of aromatic nitrogens is 2. The number of ketones is 1. The normalized spacial score (nSPS) is 16.9. The smallest absolute Gasteiger partial charge is 0.289 e. The van der Waals surface area contributed by atoms with E-state index in [9.17, 15) is 35.6 Å². The number of carbonyl (C=O) groups is 2. The Morgan fingerprint density at radius 2 is 1.82 bits per heavy atom. The summed E-state index contributed by atoms with van der Waals surface area (Å²) in [6.07, 6.45) is -1.75. The summed E-state index contributed by atoms with van der Waals surface area (Å²) >= 11 is 0. The number of para-hydroxylation sites is 1. The highest BCUT2D eigenvalue weighted by molar-refractivity contribution is 7.89. The SMILES string of the molecule is CS(=O)(=O)NC(=O)C1=C(F)C(=O)C(n2nc(-c3cccc(C(F)(F)F)c3)c3ccccc32)C=C1. The number of alkyl halides is 3. The first-order valence-electron chi connectivity index (χ1n) is 9.66. The molecule has 12 heteroatoms. The lowest BCUT2D eigenvalue weighted by molar-refractivity contribution is -0.137. The molecule has 34 heavy (non-hydrogen) atoms. The molecule has 0 spiro atoms. The van der Waals surface area contributed by atoms with E-state index in [1.54, 1.807) is 29.0 Å². The standard InChI is InChI=1S/C22H15F4N3O4S/c1-34(32,33)28-21(31)15-9-10-17(20(30)18(15)23)29-16-8-3-2-7-14(16)19(27-29)12-5-4-6-13(11-12)22(24,25)26/h2-11,17H,1H3,(H,28,31). The van der Waals surface area contributed by atoms with Gasteiger partial charge in [0.15, 0.2) is 5.83 Å². The second-order valence-electron chi connectivity index (χ2n) is 7.49. The fraction of sp³-hybridized carbons (Fsp3) is 0.136. The van der Waals surface area contributed by atoms with E-state index in [-0.39, 0.29) is 11.3 Å². The van der Waals surface area contributed by atoms with Crippen LogP contribution in [0.25, 0.3) is 22.2 Å². The summed E-state index contributed by atoms with van der Waals surface area (Å²) < 4.78 is 79.6. The van der Waals surface area contributed by atoms with Gasteiger partial charge >= 0.3 is 6.18 Å². The lowest BCUT2D eigenvalue weighted by Crippen LogP contribution is -2.33. The topological polar surface area (TPSA) is 98.1 Å².